The van der Waals surface area contributed by atoms with E-state index < -0.39 is 0 Å². The molecule has 0 unspecified atom stereocenters. The smallest absolute Gasteiger partial charge is 0.414 e. The first-order chi connectivity index (χ1) is 13.2. The third-order valence-corrected chi connectivity index (χ3v) is 4.68. The summed E-state index contributed by atoms with van der Waals surface area (Å²) in [4.78, 5) is 28.0. The van der Waals surface area contributed by atoms with Crippen molar-refractivity contribution in [3.8, 4) is 0 Å². The molecule has 4 rings (SSSR count). The first-order valence-electron chi connectivity index (χ1n) is 8.99. The second-order valence-electron chi connectivity index (χ2n) is 6.42. The fraction of sp³-hybridized carbons (Fsp3) is 0.300. The third kappa shape index (κ3) is 3.88. The summed E-state index contributed by atoms with van der Waals surface area (Å²) < 4.78 is 10.3. The quantitative estimate of drug-likeness (QED) is 0.900. The van der Waals surface area contributed by atoms with Gasteiger partial charge in [-0.25, -0.2) is 4.79 Å². The third-order valence-electron chi connectivity index (χ3n) is 4.68. The molecule has 7 nitrogen and oxygen atoms in total. The van der Waals surface area contributed by atoms with Crippen LogP contribution in [0.1, 0.15) is 10.4 Å². The van der Waals surface area contributed by atoms with Crippen LogP contribution in [0.3, 0.4) is 0 Å². The molecule has 0 radical (unpaired) electrons. The van der Waals surface area contributed by atoms with Crippen molar-refractivity contribution < 1.29 is 19.1 Å². The first kappa shape index (κ1) is 17.4. The van der Waals surface area contributed by atoms with Gasteiger partial charge in [0.15, 0.2) is 0 Å². The van der Waals surface area contributed by atoms with Crippen LogP contribution in [0.25, 0.3) is 0 Å². The van der Waals surface area contributed by atoms with Gasteiger partial charge in [-0.05, 0) is 42.5 Å². The van der Waals surface area contributed by atoms with Crippen molar-refractivity contribution in [2.45, 2.75) is 0 Å². The normalized spacial score (nSPS) is 17.0. The molecule has 2 aromatic rings. The number of rotatable bonds is 4. The second-order valence-corrected chi connectivity index (χ2v) is 6.42. The van der Waals surface area contributed by atoms with E-state index in [0.717, 1.165) is 32.0 Å². The Bertz CT molecular complexity index is 831. The van der Waals surface area contributed by atoms with Crippen molar-refractivity contribution >= 4 is 29.1 Å². The maximum atomic E-state index is 12.5. The summed E-state index contributed by atoms with van der Waals surface area (Å²) in [6.07, 6.45) is -0.364. The number of cyclic esters (lactones) is 1. The Morgan fingerprint density at radius 1 is 0.926 bits per heavy atom. The summed E-state index contributed by atoms with van der Waals surface area (Å²) in [6, 6.07) is 14.7. The summed E-state index contributed by atoms with van der Waals surface area (Å²) in [5, 5.41) is 2.88. The monoisotopic (exact) mass is 367 g/mol. The lowest BCUT2D eigenvalue weighted by atomic mass is 10.1. The topological polar surface area (TPSA) is 71.1 Å². The van der Waals surface area contributed by atoms with Gasteiger partial charge < -0.3 is 19.7 Å². The molecular formula is C20H21N3O4. The number of anilines is 3. The van der Waals surface area contributed by atoms with Crippen LogP contribution in [0.2, 0.25) is 0 Å². The van der Waals surface area contributed by atoms with Gasteiger partial charge in [0.1, 0.15) is 6.61 Å². The van der Waals surface area contributed by atoms with Gasteiger partial charge in [0.25, 0.3) is 5.91 Å². The highest BCUT2D eigenvalue weighted by Gasteiger charge is 2.23. The molecule has 0 saturated carbocycles. The van der Waals surface area contributed by atoms with Crippen molar-refractivity contribution in [2.75, 3.05) is 54.6 Å². The molecule has 2 amide bonds. The summed E-state index contributed by atoms with van der Waals surface area (Å²) in [5.74, 6) is -0.190. The number of amides is 2. The van der Waals surface area contributed by atoms with E-state index in [-0.39, 0.29) is 12.0 Å². The molecule has 1 N–H and O–H groups in total. The van der Waals surface area contributed by atoms with Gasteiger partial charge in [-0.3, -0.25) is 9.69 Å². The van der Waals surface area contributed by atoms with Gasteiger partial charge in [-0.1, -0.05) is 6.07 Å². The lowest BCUT2D eigenvalue weighted by Gasteiger charge is -2.28. The number of nitrogens with one attached hydrogen (secondary N) is 1. The fourth-order valence-corrected chi connectivity index (χ4v) is 3.23. The van der Waals surface area contributed by atoms with E-state index in [2.05, 4.69) is 10.2 Å². The Kier molecular flexibility index (Phi) is 4.93. The van der Waals surface area contributed by atoms with E-state index in [4.69, 9.17) is 9.47 Å². The minimum atomic E-state index is -0.364. The number of ether oxygens (including phenoxy) is 2. The van der Waals surface area contributed by atoms with Gasteiger partial charge in [-0.2, -0.15) is 0 Å². The Morgan fingerprint density at radius 2 is 1.70 bits per heavy atom. The number of carbonyl (C=O) groups is 2. The van der Waals surface area contributed by atoms with Gasteiger partial charge in [-0.15, -0.1) is 0 Å². The lowest BCUT2D eigenvalue weighted by Crippen LogP contribution is -2.36. The largest absolute Gasteiger partial charge is 0.447 e. The van der Waals surface area contributed by atoms with E-state index in [1.165, 1.54) is 0 Å². The maximum Gasteiger partial charge on any atom is 0.414 e. The van der Waals surface area contributed by atoms with E-state index in [0.29, 0.717) is 30.1 Å². The van der Waals surface area contributed by atoms with E-state index in [1.54, 1.807) is 23.1 Å². The van der Waals surface area contributed by atoms with Crippen LogP contribution >= 0.6 is 0 Å². The summed E-state index contributed by atoms with van der Waals surface area (Å²) in [5.41, 5.74) is 3.01. The minimum Gasteiger partial charge on any atom is -0.447 e. The number of carbonyl (C=O) groups excluding carboxylic acids is 2. The predicted octanol–water partition coefficient (Wildman–Crippen LogP) is 2.73. The molecule has 0 bridgehead atoms. The fourth-order valence-electron chi connectivity index (χ4n) is 3.23. The summed E-state index contributed by atoms with van der Waals surface area (Å²) >= 11 is 0. The number of nitrogens with zero attached hydrogens (tertiary/aromatic N) is 2. The minimum absolute atomic E-state index is 0.190. The molecule has 2 aromatic carbocycles. The maximum absolute atomic E-state index is 12.5. The highest BCUT2D eigenvalue weighted by atomic mass is 16.6. The van der Waals surface area contributed by atoms with Gasteiger partial charge in [0.2, 0.25) is 0 Å². The molecule has 2 aliphatic heterocycles. The molecule has 0 aromatic heterocycles. The van der Waals surface area contributed by atoms with E-state index in [9.17, 15) is 9.59 Å². The Hall–Kier alpha value is -3.06. The Morgan fingerprint density at radius 3 is 2.41 bits per heavy atom. The standard InChI is InChI=1S/C20H21N3O4/c24-19(15-4-6-17(7-5-15)22-8-11-26-12-9-22)21-16-2-1-3-18(14-16)23-10-13-27-20(23)25/h1-7,14H,8-13H2,(H,21,24). The van der Waals surface area contributed by atoms with Gasteiger partial charge >= 0.3 is 6.09 Å². The van der Waals surface area contributed by atoms with Crippen LogP contribution in [0.15, 0.2) is 48.5 Å². The second kappa shape index (κ2) is 7.67. The summed E-state index contributed by atoms with van der Waals surface area (Å²) in [6.45, 7) is 4.06. The molecule has 0 spiro atoms. The van der Waals surface area contributed by atoms with Crippen molar-refractivity contribution in [3.63, 3.8) is 0 Å². The zero-order chi connectivity index (χ0) is 18.6. The van der Waals surface area contributed by atoms with Crippen molar-refractivity contribution in [2.24, 2.45) is 0 Å². The molecule has 7 heteroatoms. The number of hydrogen-bond donors (Lipinski definition) is 1. The Labute approximate surface area is 157 Å². The van der Waals surface area contributed by atoms with Gasteiger partial charge in [0, 0.05) is 35.7 Å². The van der Waals surface area contributed by atoms with Crippen LogP contribution in [0.4, 0.5) is 21.9 Å². The zero-order valence-electron chi connectivity index (χ0n) is 14.9. The number of benzene rings is 2. The average molecular weight is 367 g/mol. The molecular weight excluding hydrogens is 346 g/mol. The lowest BCUT2D eigenvalue weighted by molar-refractivity contribution is 0.102. The van der Waals surface area contributed by atoms with Crippen LogP contribution in [0, 0.1) is 0 Å². The molecule has 27 heavy (non-hydrogen) atoms. The highest BCUT2D eigenvalue weighted by molar-refractivity contribution is 6.05. The predicted molar refractivity (Wildman–Crippen MR) is 103 cm³/mol. The van der Waals surface area contributed by atoms with E-state index >= 15 is 0 Å². The van der Waals surface area contributed by atoms with Crippen LogP contribution < -0.4 is 15.1 Å². The zero-order valence-corrected chi connectivity index (χ0v) is 14.9. The number of morpholine rings is 1. The molecule has 0 atom stereocenters. The summed E-state index contributed by atoms with van der Waals surface area (Å²) in [7, 11) is 0. The molecule has 0 aliphatic carbocycles. The molecule has 140 valence electrons. The van der Waals surface area contributed by atoms with Crippen LogP contribution in [-0.4, -0.2) is 51.5 Å². The van der Waals surface area contributed by atoms with Crippen LogP contribution in [-0.2, 0) is 9.47 Å². The SMILES string of the molecule is O=C(Nc1cccc(N2CCOC2=O)c1)c1ccc(N2CCOCC2)cc1. The first-order valence-corrected chi connectivity index (χ1v) is 8.99. The molecule has 2 heterocycles. The Balaban J connectivity index is 1.43. The number of hydrogen-bond acceptors (Lipinski definition) is 5. The van der Waals surface area contributed by atoms with Crippen molar-refractivity contribution in [1.29, 1.82) is 0 Å². The van der Waals surface area contributed by atoms with Crippen molar-refractivity contribution in [3.05, 3.63) is 54.1 Å². The molecule has 2 fully saturated rings. The average Bonchev–Trinajstić information content (AvgIpc) is 3.15. The molecule has 2 saturated heterocycles. The van der Waals surface area contributed by atoms with Crippen molar-refractivity contribution in [1.82, 2.24) is 0 Å². The van der Waals surface area contributed by atoms with Crippen LogP contribution in [0.5, 0.6) is 0 Å². The highest BCUT2D eigenvalue weighted by Crippen LogP contribution is 2.23. The molecule has 2 aliphatic rings. The van der Waals surface area contributed by atoms with Gasteiger partial charge in [0.05, 0.1) is 19.8 Å². The van der Waals surface area contributed by atoms with E-state index in [1.807, 2.05) is 30.3 Å².